The topological polar surface area (TPSA) is 167 Å². The van der Waals surface area contributed by atoms with Gasteiger partial charge in [-0.05, 0) is 44.1 Å². The zero-order chi connectivity index (χ0) is 33.3. The molecule has 1 aliphatic heterocycles. The normalized spacial score (nSPS) is 13.8. The fourth-order valence-electron chi connectivity index (χ4n) is 5.37. The Morgan fingerprint density at radius 2 is 1.89 bits per heavy atom. The Morgan fingerprint density at radius 1 is 1.18 bits per heavy atom. The van der Waals surface area contributed by atoms with Crippen LogP contribution in [0.2, 0.25) is 0 Å². The van der Waals surface area contributed by atoms with E-state index >= 15 is 0 Å². The molecular formula is C31H33ClN5O7S+. The van der Waals surface area contributed by atoms with Crippen LogP contribution in [-0.2, 0) is 41.0 Å². The van der Waals surface area contributed by atoms with E-state index in [1.54, 1.807) is 6.07 Å². The Morgan fingerprint density at radius 3 is 2.53 bits per heavy atom. The average Bonchev–Trinajstić information content (AvgIpc) is 3.22. The number of pyridine rings is 1. The smallest absolute Gasteiger partial charge is 0.333 e. The van der Waals surface area contributed by atoms with E-state index in [9.17, 15) is 33.2 Å². The molecule has 0 spiro atoms. The van der Waals surface area contributed by atoms with Gasteiger partial charge >= 0.3 is 5.69 Å². The number of aromatic hydroxyl groups is 1. The van der Waals surface area contributed by atoms with Crippen molar-refractivity contribution >= 4 is 39.3 Å². The number of fused-ring (bicyclic) bond motifs is 3. The molecule has 45 heavy (non-hydrogen) atoms. The van der Waals surface area contributed by atoms with Gasteiger partial charge in [0.25, 0.3) is 15.7 Å². The molecule has 0 saturated carbocycles. The number of hydrogen-bond acceptors (Lipinski definition) is 7. The van der Waals surface area contributed by atoms with Gasteiger partial charge in [-0.1, -0.05) is 12.1 Å². The van der Waals surface area contributed by atoms with Crippen molar-refractivity contribution < 1.29 is 27.4 Å². The number of alkyl halides is 1. The first-order valence-electron chi connectivity index (χ1n) is 13.9. The first kappa shape index (κ1) is 33.4. The van der Waals surface area contributed by atoms with Gasteiger partial charge in [-0.25, -0.2) is 4.79 Å². The quantitative estimate of drug-likeness (QED) is 0.110. The summed E-state index contributed by atoms with van der Waals surface area (Å²) >= 11 is 5.80. The summed E-state index contributed by atoms with van der Waals surface area (Å²) in [7, 11) is -1.50. The fourth-order valence-corrected chi connectivity index (χ4v) is 6.03. The van der Waals surface area contributed by atoms with Crippen molar-refractivity contribution in [1.29, 1.82) is 5.26 Å². The summed E-state index contributed by atoms with van der Waals surface area (Å²) in [6.07, 6.45) is 6.26. The van der Waals surface area contributed by atoms with Crippen molar-refractivity contribution in [1.82, 2.24) is 14.0 Å². The molecule has 2 aromatic heterocycles. The predicted molar refractivity (Wildman–Crippen MR) is 168 cm³/mol. The number of carbonyl (C=O) groups excluding carboxylic acids is 1. The van der Waals surface area contributed by atoms with Crippen LogP contribution >= 0.6 is 11.6 Å². The Balaban J connectivity index is 1.63. The van der Waals surface area contributed by atoms with Gasteiger partial charge in [-0.15, -0.1) is 11.6 Å². The molecule has 1 aromatic carbocycles. The summed E-state index contributed by atoms with van der Waals surface area (Å²) in [5.41, 5.74) is 2.65. The van der Waals surface area contributed by atoms with Crippen molar-refractivity contribution in [2.75, 3.05) is 18.2 Å². The monoisotopic (exact) mass is 654 g/mol. The lowest BCUT2D eigenvalue weighted by atomic mass is 9.82. The standard InChI is InChI=1S/C31H32ClN5O7S/c1-31(2)24-15-20(19-36(27(38)17-32)12-6-14-45(42,43)44)9-10-25(24)37-13-11-21(16-26(31)37)22(18-33)7-5-8-23-28(39)34(3)30(41)35(4)29(23)40/h5,7-11,13,15-16H,6,12,14,17,19H2,1-4H3,(H,42,43,44)/p+1. The number of amides is 1. The first-order valence-corrected chi connectivity index (χ1v) is 16.0. The van der Waals surface area contributed by atoms with E-state index in [1.807, 2.05) is 48.9 Å². The predicted octanol–water partition coefficient (Wildman–Crippen LogP) is 2.17. The van der Waals surface area contributed by atoms with E-state index in [1.165, 1.54) is 37.2 Å². The van der Waals surface area contributed by atoms with Gasteiger partial charge in [0, 0.05) is 56.5 Å². The lowest BCUT2D eigenvalue weighted by molar-refractivity contribution is -0.599. The minimum absolute atomic E-state index is 0.0642. The molecular weight excluding hydrogens is 622 g/mol. The SMILES string of the molecule is Cn1c(O)c(/C=C/C=C(\C#N)c2cc[n+]3c(c2)C(C)(C)c2cc(CN(CCCS(=O)(=O)O)C(=O)CCl)ccc2-3)c(=O)n(C)c1=O. The van der Waals surface area contributed by atoms with Crippen molar-refractivity contribution in [3.63, 3.8) is 0 Å². The van der Waals surface area contributed by atoms with Crippen LogP contribution in [0, 0.1) is 11.3 Å². The number of aromatic nitrogens is 3. The third-order valence-electron chi connectivity index (χ3n) is 7.88. The Bertz CT molecular complexity index is 2020. The summed E-state index contributed by atoms with van der Waals surface area (Å²) < 4.78 is 35.2. The molecule has 2 N–H and O–H groups in total. The molecule has 0 atom stereocenters. The summed E-state index contributed by atoms with van der Waals surface area (Å²) in [6.45, 7) is 4.40. The van der Waals surface area contributed by atoms with E-state index in [4.69, 9.17) is 16.2 Å². The minimum Gasteiger partial charge on any atom is -0.494 e. The third-order valence-corrected chi connectivity index (χ3v) is 8.92. The molecule has 3 heterocycles. The van der Waals surface area contributed by atoms with Gasteiger partial charge in [0.1, 0.15) is 11.4 Å². The largest absolute Gasteiger partial charge is 0.494 e. The fraction of sp³-hybridized carbons (Fsp3) is 0.323. The number of rotatable bonds is 10. The maximum absolute atomic E-state index is 12.5. The molecule has 14 heteroatoms. The van der Waals surface area contributed by atoms with E-state index in [0.29, 0.717) is 11.1 Å². The molecule has 3 aromatic rings. The van der Waals surface area contributed by atoms with Gasteiger partial charge in [0.2, 0.25) is 17.5 Å². The van der Waals surface area contributed by atoms with Gasteiger partial charge in [-0.2, -0.15) is 18.2 Å². The van der Waals surface area contributed by atoms with Crippen molar-refractivity contribution in [2.24, 2.45) is 14.1 Å². The first-order chi connectivity index (χ1) is 21.1. The highest BCUT2D eigenvalue weighted by Crippen LogP contribution is 2.39. The molecule has 1 amide bonds. The summed E-state index contributed by atoms with van der Waals surface area (Å²) in [6, 6.07) is 11.7. The van der Waals surface area contributed by atoms with Gasteiger partial charge in [-0.3, -0.25) is 23.3 Å². The Hall–Kier alpha value is -4.51. The zero-order valence-electron chi connectivity index (χ0n) is 25.2. The molecule has 0 radical (unpaired) electrons. The second-order valence-electron chi connectivity index (χ2n) is 11.2. The highest BCUT2D eigenvalue weighted by atomic mass is 35.5. The van der Waals surface area contributed by atoms with Crippen LogP contribution in [0.5, 0.6) is 5.88 Å². The highest BCUT2D eigenvalue weighted by molar-refractivity contribution is 7.85. The van der Waals surface area contributed by atoms with E-state index in [0.717, 1.165) is 31.6 Å². The van der Waals surface area contributed by atoms with Crippen molar-refractivity contribution in [3.8, 4) is 17.6 Å². The highest BCUT2D eigenvalue weighted by Gasteiger charge is 2.44. The molecule has 236 valence electrons. The lowest BCUT2D eigenvalue weighted by Crippen LogP contribution is -2.37. The summed E-state index contributed by atoms with van der Waals surface area (Å²) in [5.74, 6) is -1.56. The maximum atomic E-state index is 12.5. The molecule has 1 aliphatic rings. The number of allylic oxidation sites excluding steroid dienone is 3. The molecule has 0 unspecified atom stereocenters. The van der Waals surface area contributed by atoms with Crippen LogP contribution in [0.3, 0.4) is 0 Å². The number of nitriles is 1. The number of halogens is 1. The van der Waals surface area contributed by atoms with Crippen LogP contribution in [0.4, 0.5) is 0 Å². The number of carbonyl (C=O) groups is 1. The van der Waals surface area contributed by atoms with Gasteiger partial charge < -0.3 is 10.0 Å². The Kier molecular flexibility index (Phi) is 9.53. The summed E-state index contributed by atoms with van der Waals surface area (Å²) in [4.78, 5) is 38.4. The van der Waals surface area contributed by atoms with Crippen LogP contribution in [0.1, 0.15) is 48.2 Å². The molecule has 4 rings (SSSR count). The minimum atomic E-state index is -4.15. The van der Waals surface area contributed by atoms with Gasteiger partial charge in [0.05, 0.1) is 22.8 Å². The van der Waals surface area contributed by atoms with Crippen molar-refractivity contribution in [3.05, 3.63) is 97.5 Å². The number of nitrogens with zero attached hydrogens (tertiary/aromatic N) is 5. The number of hydrogen-bond donors (Lipinski definition) is 2. The second-order valence-corrected chi connectivity index (χ2v) is 13.1. The van der Waals surface area contributed by atoms with Crippen molar-refractivity contribution in [2.45, 2.75) is 32.2 Å². The van der Waals surface area contributed by atoms with Crippen LogP contribution in [0.25, 0.3) is 17.3 Å². The number of benzene rings is 1. The van der Waals surface area contributed by atoms with Gasteiger partial charge in [0.15, 0.2) is 11.9 Å². The van der Waals surface area contributed by atoms with E-state index in [-0.39, 0.29) is 36.9 Å². The maximum Gasteiger partial charge on any atom is 0.333 e. The summed E-state index contributed by atoms with van der Waals surface area (Å²) in [5, 5.41) is 20.2. The molecule has 0 aliphatic carbocycles. The average molecular weight is 655 g/mol. The molecule has 0 bridgehead atoms. The molecule has 12 nitrogen and oxygen atoms in total. The van der Waals surface area contributed by atoms with Crippen LogP contribution < -0.4 is 15.8 Å². The molecule has 0 fully saturated rings. The van der Waals surface area contributed by atoms with Crippen LogP contribution in [-0.4, -0.2) is 56.2 Å². The lowest BCUT2D eigenvalue weighted by Gasteiger charge is -2.22. The molecule has 0 saturated heterocycles. The van der Waals surface area contributed by atoms with E-state index < -0.39 is 38.4 Å². The van der Waals surface area contributed by atoms with E-state index in [2.05, 4.69) is 6.07 Å². The second kappa shape index (κ2) is 12.8. The van der Waals surface area contributed by atoms with Crippen LogP contribution in [0.15, 0.2) is 58.3 Å². The third kappa shape index (κ3) is 6.78. The Labute approximate surface area is 265 Å². The zero-order valence-corrected chi connectivity index (χ0v) is 26.8.